The first kappa shape index (κ1) is 24.0. The van der Waals surface area contributed by atoms with Crippen molar-refractivity contribution in [1.82, 2.24) is 14.7 Å². The number of hydrogen-bond donors (Lipinski definition) is 1. The number of carbonyl (C=O) groups excluding carboxylic acids is 2. The number of aromatic nitrogens is 2. The molecule has 0 saturated carbocycles. The minimum Gasteiger partial charge on any atom is -0.497 e. The summed E-state index contributed by atoms with van der Waals surface area (Å²) >= 11 is 0. The molecule has 1 N–H and O–H groups in total. The minimum atomic E-state index is -0.364. The molecule has 3 aromatic rings. The molecular weight excluding hydrogens is 423 g/mol. The molecule has 174 valence electrons. The molecule has 0 radical (unpaired) electrons. The summed E-state index contributed by atoms with van der Waals surface area (Å²) in [6.45, 7) is 8.08. The number of methoxy groups -OCH3 is 1. The number of benzene rings is 2. The largest absolute Gasteiger partial charge is 0.497 e. The van der Waals surface area contributed by atoms with Crippen molar-refractivity contribution >= 4 is 17.6 Å². The molecule has 0 saturated heterocycles. The summed E-state index contributed by atoms with van der Waals surface area (Å²) in [5.41, 5.74) is 1.56. The lowest BCUT2D eigenvalue weighted by molar-refractivity contribution is -0.116. The fourth-order valence-electron chi connectivity index (χ4n) is 3.24. The van der Waals surface area contributed by atoms with Gasteiger partial charge in [-0.05, 0) is 49.4 Å². The van der Waals surface area contributed by atoms with Gasteiger partial charge in [0, 0.05) is 23.6 Å². The first-order valence-electron chi connectivity index (χ1n) is 10.7. The molecule has 33 heavy (non-hydrogen) atoms. The number of halogens is 1. The lowest BCUT2D eigenvalue weighted by atomic mass is 9.92. The first-order chi connectivity index (χ1) is 15.6. The summed E-state index contributed by atoms with van der Waals surface area (Å²) < 4.78 is 20.2. The van der Waals surface area contributed by atoms with Crippen molar-refractivity contribution in [3.63, 3.8) is 0 Å². The van der Waals surface area contributed by atoms with E-state index in [0.29, 0.717) is 29.4 Å². The molecule has 0 bridgehead atoms. The summed E-state index contributed by atoms with van der Waals surface area (Å²) in [5, 5.41) is 7.48. The number of rotatable bonds is 7. The first-order valence-corrected chi connectivity index (χ1v) is 10.7. The Morgan fingerprint density at radius 2 is 1.82 bits per heavy atom. The fourth-order valence-corrected chi connectivity index (χ4v) is 3.24. The molecule has 0 fully saturated rings. The van der Waals surface area contributed by atoms with Crippen LogP contribution in [-0.4, -0.2) is 46.7 Å². The third-order valence-electron chi connectivity index (χ3n) is 5.14. The second-order valence-electron chi connectivity index (χ2n) is 8.65. The summed E-state index contributed by atoms with van der Waals surface area (Å²) in [7, 11) is 1.53. The highest BCUT2D eigenvalue weighted by atomic mass is 19.1. The van der Waals surface area contributed by atoms with Crippen molar-refractivity contribution in [2.24, 2.45) is 0 Å². The van der Waals surface area contributed by atoms with Gasteiger partial charge < -0.3 is 15.0 Å². The summed E-state index contributed by atoms with van der Waals surface area (Å²) in [5.74, 6) is 0.0219. The number of likely N-dealkylation sites (N-methyl/N-ethyl adjacent to an activating group) is 1. The average molecular weight is 453 g/mol. The molecule has 8 heteroatoms. The Balaban J connectivity index is 1.83. The summed E-state index contributed by atoms with van der Waals surface area (Å²) in [4.78, 5) is 27.3. The van der Waals surface area contributed by atoms with Crippen LogP contribution in [0, 0.1) is 5.82 Å². The van der Waals surface area contributed by atoms with Gasteiger partial charge >= 0.3 is 0 Å². The van der Waals surface area contributed by atoms with E-state index < -0.39 is 0 Å². The van der Waals surface area contributed by atoms with E-state index in [0.717, 1.165) is 5.69 Å². The van der Waals surface area contributed by atoms with Crippen LogP contribution in [0.15, 0.2) is 54.6 Å². The average Bonchev–Trinajstić information content (AvgIpc) is 3.21. The van der Waals surface area contributed by atoms with E-state index in [1.54, 1.807) is 47.1 Å². The third kappa shape index (κ3) is 5.77. The molecule has 0 aliphatic carbocycles. The zero-order chi connectivity index (χ0) is 24.2. The van der Waals surface area contributed by atoms with Gasteiger partial charge in [-0.15, -0.1) is 0 Å². The Bertz CT molecular complexity index is 1130. The van der Waals surface area contributed by atoms with Crippen LogP contribution in [0.4, 0.5) is 10.2 Å². The highest BCUT2D eigenvalue weighted by Crippen LogP contribution is 2.26. The highest BCUT2D eigenvalue weighted by molar-refractivity contribution is 5.99. The number of hydrogen-bond acceptors (Lipinski definition) is 4. The van der Waals surface area contributed by atoms with Crippen molar-refractivity contribution in [3.05, 3.63) is 71.7 Å². The van der Waals surface area contributed by atoms with E-state index in [-0.39, 0.29) is 29.6 Å². The summed E-state index contributed by atoms with van der Waals surface area (Å²) in [6, 6.07) is 14.5. The van der Waals surface area contributed by atoms with Crippen LogP contribution >= 0.6 is 0 Å². The zero-order valence-electron chi connectivity index (χ0n) is 19.6. The molecular formula is C25H29FN4O3. The maximum Gasteiger partial charge on any atom is 0.254 e. The molecule has 2 aromatic carbocycles. The van der Waals surface area contributed by atoms with Crippen LogP contribution in [0.1, 0.15) is 43.7 Å². The number of carbonyl (C=O) groups is 2. The van der Waals surface area contributed by atoms with Crippen molar-refractivity contribution < 1.29 is 18.7 Å². The maximum absolute atomic E-state index is 13.4. The quantitative estimate of drug-likeness (QED) is 0.576. The Morgan fingerprint density at radius 3 is 2.42 bits per heavy atom. The number of ether oxygens (including phenoxy) is 1. The van der Waals surface area contributed by atoms with Gasteiger partial charge in [0.25, 0.3) is 5.91 Å². The molecule has 0 atom stereocenters. The molecule has 3 rings (SSSR count). The number of nitrogens with one attached hydrogen (secondary N) is 1. The lowest BCUT2D eigenvalue weighted by Gasteiger charge is -2.21. The number of amides is 2. The van der Waals surface area contributed by atoms with Gasteiger partial charge in [0.1, 0.15) is 23.9 Å². The number of nitrogens with zero attached hydrogens (tertiary/aromatic N) is 3. The number of anilines is 1. The van der Waals surface area contributed by atoms with Crippen molar-refractivity contribution in [2.75, 3.05) is 25.5 Å². The maximum atomic E-state index is 13.4. The van der Waals surface area contributed by atoms with Crippen LogP contribution in [0.3, 0.4) is 0 Å². The second-order valence-corrected chi connectivity index (χ2v) is 8.65. The Kier molecular flexibility index (Phi) is 7.16. The van der Waals surface area contributed by atoms with Crippen LogP contribution in [0.25, 0.3) is 5.69 Å². The van der Waals surface area contributed by atoms with Gasteiger partial charge in [-0.25, -0.2) is 9.07 Å². The van der Waals surface area contributed by atoms with Gasteiger partial charge in [0.15, 0.2) is 0 Å². The van der Waals surface area contributed by atoms with Gasteiger partial charge in [0.05, 0.1) is 18.5 Å². The van der Waals surface area contributed by atoms with Crippen LogP contribution in [0.5, 0.6) is 5.75 Å². The molecule has 0 spiro atoms. The molecule has 0 unspecified atom stereocenters. The van der Waals surface area contributed by atoms with Crippen molar-refractivity contribution in [1.29, 1.82) is 0 Å². The second kappa shape index (κ2) is 9.85. The van der Waals surface area contributed by atoms with Gasteiger partial charge in [-0.1, -0.05) is 26.8 Å². The zero-order valence-corrected chi connectivity index (χ0v) is 19.6. The molecule has 1 heterocycles. The fraction of sp³-hybridized carbons (Fsp3) is 0.320. The topological polar surface area (TPSA) is 76.5 Å². The van der Waals surface area contributed by atoms with Crippen molar-refractivity contribution in [3.8, 4) is 11.4 Å². The third-order valence-corrected chi connectivity index (χ3v) is 5.14. The van der Waals surface area contributed by atoms with Gasteiger partial charge in [-0.3, -0.25) is 9.59 Å². The predicted octanol–water partition coefficient (Wildman–Crippen LogP) is 4.42. The SMILES string of the molecule is CCN(CC(=O)Nc1cc(C(C)(C)C)nn1-c1ccc(F)cc1)C(=O)c1cccc(OC)c1. The normalized spacial score (nSPS) is 11.2. The summed E-state index contributed by atoms with van der Waals surface area (Å²) in [6.07, 6.45) is 0. The molecule has 7 nitrogen and oxygen atoms in total. The van der Waals surface area contributed by atoms with E-state index in [9.17, 15) is 14.0 Å². The van der Waals surface area contributed by atoms with Crippen LogP contribution in [0.2, 0.25) is 0 Å². The van der Waals surface area contributed by atoms with E-state index in [2.05, 4.69) is 10.4 Å². The van der Waals surface area contributed by atoms with Crippen LogP contribution in [-0.2, 0) is 10.2 Å². The van der Waals surface area contributed by atoms with Gasteiger partial charge in [0.2, 0.25) is 5.91 Å². The molecule has 0 aliphatic heterocycles. The Labute approximate surface area is 193 Å². The minimum absolute atomic E-state index is 0.133. The van der Waals surface area contributed by atoms with Crippen molar-refractivity contribution in [2.45, 2.75) is 33.1 Å². The predicted molar refractivity (Wildman–Crippen MR) is 125 cm³/mol. The highest BCUT2D eigenvalue weighted by Gasteiger charge is 2.23. The van der Waals surface area contributed by atoms with Gasteiger partial charge in [-0.2, -0.15) is 5.10 Å². The van der Waals surface area contributed by atoms with Crippen LogP contribution < -0.4 is 10.1 Å². The monoisotopic (exact) mass is 452 g/mol. The Morgan fingerprint density at radius 1 is 1.12 bits per heavy atom. The standard InChI is InChI=1S/C25H29FN4O3/c1-6-29(24(32)17-8-7-9-20(14-17)33-5)16-23(31)27-22-15-21(25(2,3)4)28-30(22)19-12-10-18(26)11-13-19/h7-15H,6,16H2,1-5H3,(H,27,31). The van der Waals surface area contributed by atoms with E-state index in [1.807, 2.05) is 27.7 Å². The molecule has 1 aromatic heterocycles. The Hall–Kier alpha value is -3.68. The molecule has 0 aliphatic rings. The lowest BCUT2D eigenvalue weighted by Crippen LogP contribution is -2.38. The smallest absolute Gasteiger partial charge is 0.254 e. The molecule has 2 amide bonds. The van der Waals surface area contributed by atoms with E-state index in [1.165, 1.54) is 24.1 Å². The van der Waals surface area contributed by atoms with E-state index >= 15 is 0 Å². The van der Waals surface area contributed by atoms with E-state index in [4.69, 9.17) is 4.74 Å².